The molecule has 2 rings (SSSR count). The van der Waals surface area contributed by atoms with Gasteiger partial charge in [-0.1, -0.05) is 17.7 Å². The molecule has 1 aromatic rings. The third-order valence-corrected chi connectivity index (χ3v) is 3.38. The molecule has 0 bridgehead atoms. The number of benzene rings is 1. The number of nitrogens with zero attached hydrogens (tertiary/aromatic N) is 1. The van der Waals surface area contributed by atoms with Crippen LogP contribution in [0.4, 0.5) is 13.2 Å². The van der Waals surface area contributed by atoms with Crippen molar-refractivity contribution in [3.63, 3.8) is 0 Å². The van der Waals surface area contributed by atoms with E-state index in [1.54, 1.807) is 4.90 Å². The van der Waals surface area contributed by atoms with Gasteiger partial charge in [-0.3, -0.25) is 4.90 Å². The molecule has 1 fully saturated rings. The summed E-state index contributed by atoms with van der Waals surface area (Å²) >= 11 is 5.56. The van der Waals surface area contributed by atoms with E-state index in [4.69, 9.17) is 11.6 Å². The molecule has 0 spiro atoms. The van der Waals surface area contributed by atoms with Crippen LogP contribution in [0.15, 0.2) is 18.2 Å². The van der Waals surface area contributed by atoms with Gasteiger partial charge in [-0.05, 0) is 17.7 Å². The first kappa shape index (κ1) is 13.6. The molecule has 1 aliphatic rings. The Morgan fingerprint density at radius 3 is 2.44 bits per heavy atom. The van der Waals surface area contributed by atoms with Gasteiger partial charge >= 0.3 is 0 Å². The maximum absolute atomic E-state index is 13.4. The van der Waals surface area contributed by atoms with Gasteiger partial charge in [-0.15, -0.1) is 0 Å². The largest absolute Gasteiger partial charge is 0.314 e. The maximum Gasteiger partial charge on any atom is 0.258 e. The van der Waals surface area contributed by atoms with Crippen molar-refractivity contribution in [2.75, 3.05) is 26.2 Å². The fourth-order valence-electron chi connectivity index (χ4n) is 2.17. The van der Waals surface area contributed by atoms with Crippen LogP contribution in [0.2, 0.25) is 5.02 Å². The van der Waals surface area contributed by atoms with Gasteiger partial charge in [0.05, 0.1) is 11.1 Å². The van der Waals surface area contributed by atoms with Gasteiger partial charge in [0.15, 0.2) is 0 Å². The van der Waals surface area contributed by atoms with Gasteiger partial charge in [0.2, 0.25) is 0 Å². The lowest BCUT2D eigenvalue weighted by Gasteiger charge is -2.34. The quantitative estimate of drug-likeness (QED) is 0.914. The molecule has 2 nitrogen and oxygen atoms in total. The number of piperazine rings is 1. The molecule has 0 aromatic heterocycles. The SMILES string of the molecule is Fc1cc([C@H](C(F)F)N2CCNCC2)ccc1Cl. The topological polar surface area (TPSA) is 15.3 Å². The summed E-state index contributed by atoms with van der Waals surface area (Å²) in [5.41, 5.74) is 0.272. The Morgan fingerprint density at radius 2 is 1.89 bits per heavy atom. The summed E-state index contributed by atoms with van der Waals surface area (Å²) in [6.45, 7) is 2.39. The number of alkyl halides is 2. The first-order valence-electron chi connectivity index (χ1n) is 5.77. The normalized spacial score (nSPS) is 19.2. The Bertz CT molecular complexity index is 408. The molecule has 1 atom stereocenters. The van der Waals surface area contributed by atoms with Crippen LogP contribution in [0.3, 0.4) is 0 Å². The van der Waals surface area contributed by atoms with Gasteiger partial charge in [0.1, 0.15) is 5.82 Å². The molecule has 100 valence electrons. The van der Waals surface area contributed by atoms with Crippen molar-refractivity contribution in [3.05, 3.63) is 34.6 Å². The minimum Gasteiger partial charge on any atom is -0.314 e. The third kappa shape index (κ3) is 2.96. The van der Waals surface area contributed by atoms with Gasteiger partial charge in [0, 0.05) is 26.2 Å². The zero-order valence-electron chi connectivity index (χ0n) is 9.67. The molecule has 1 aromatic carbocycles. The van der Waals surface area contributed by atoms with E-state index in [1.165, 1.54) is 12.1 Å². The first-order chi connectivity index (χ1) is 8.59. The predicted octanol–water partition coefficient (Wildman–Crippen LogP) is 2.69. The van der Waals surface area contributed by atoms with E-state index in [1.807, 2.05) is 0 Å². The molecule has 0 radical (unpaired) electrons. The minimum absolute atomic E-state index is 0.0490. The molecule has 1 N–H and O–H groups in total. The van der Waals surface area contributed by atoms with Crippen molar-refractivity contribution in [1.82, 2.24) is 10.2 Å². The van der Waals surface area contributed by atoms with Gasteiger partial charge < -0.3 is 5.32 Å². The Kier molecular flexibility index (Phi) is 4.48. The summed E-state index contributed by atoms with van der Waals surface area (Å²) in [5, 5.41) is 3.05. The van der Waals surface area contributed by atoms with Crippen LogP contribution >= 0.6 is 11.6 Å². The van der Waals surface area contributed by atoms with Crippen molar-refractivity contribution in [2.24, 2.45) is 0 Å². The van der Waals surface area contributed by atoms with Gasteiger partial charge in [-0.2, -0.15) is 0 Å². The second-order valence-corrected chi connectivity index (χ2v) is 4.65. The molecular weight excluding hydrogens is 265 g/mol. The summed E-state index contributed by atoms with van der Waals surface area (Å²) in [6, 6.07) is 2.81. The Balaban J connectivity index is 2.25. The maximum atomic E-state index is 13.4. The lowest BCUT2D eigenvalue weighted by molar-refractivity contribution is 0.0180. The van der Waals surface area contributed by atoms with E-state index in [2.05, 4.69) is 5.32 Å². The summed E-state index contributed by atoms with van der Waals surface area (Å²) in [5.74, 6) is -0.657. The van der Waals surface area contributed by atoms with Crippen LogP contribution in [-0.2, 0) is 0 Å². The average molecular weight is 279 g/mol. The van der Waals surface area contributed by atoms with E-state index in [0.29, 0.717) is 26.2 Å². The standard InChI is InChI=1S/C12H14ClF3N2/c13-9-2-1-8(7-10(9)14)11(12(15)16)18-5-3-17-4-6-18/h1-2,7,11-12,17H,3-6H2/t11-/m1/s1. The van der Waals surface area contributed by atoms with Crippen LogP contribution in [0.25, 0.3) is 0 Å². The lowest BCUT2D eigenvalue weighted by atomic mass is 10.0. The van der Waals surface area contributed by atoms with E-state index in [-0.39, 0.29) is 10.6 Å². The molecule has 0 saturated carbocycles. The summed E-state index contributed by atoms with van der Waals surface area (Å²) in [4.78, 5) is 1.67. The molecule has 1 saturated heterocycles. The fourth-order valence-corrected chi connectivity index (χ4v) is 2.29. The second kappa shape index (κ2) is 5.91. The van der Waals surface area contributed by atoms with Crippen molar-refractivity contribution in [1.29, 1.82) is 0 Å². The Labute approximate surface area is 109 Å². The van der Waals surface area contributed by atoms with Crippen LogP contribution in [0.5, 0.6) is 0 Å². The molecule has 0 aliphatic carbocycles. The molecule has 1 aliphatic heterocycles. The Morgan fingerprint density at radius 1 is 1.22 bits per heavy atom. The Hall–Kier alpha value is -0.780. The number of rotatable bonds is 3. The smallest absolute Gasteiger partial charge is 0.258 e. The van der Waals surface area contributed by atoms with Crippen LogP contribution in [0, 0.1) is 5.82 Å². The second-order valence-electron chi connectivity index (χ2n) is 4.24. The lowest BCUT2D eigenvalue weighted by Crippen LogP contribution is -2.46. The molecule has 0 amide bonds. The molecule has 0 unspecified atom stereocenters. The van der Waals surface area contributed by atoms with Crippen molar-refractivity contribution in [2.45, 2.75) is 12.5 Å². The average Bonchev–Trinajstić information content (AvgIpc) is 2.35. The highest BCUT2D eigenvalue weighted by Gasteiger charge is 2.30. The zero-order valence-corrected chi connectivity index (χ0v) is 10.4. The highest BCUT2D eigenvalue weighted by molar-refractivity contribution is 6.30. The third-order valence-electron chi connectivity index (χ3n) is 3.07. The number of halogens is 4. The summed E-state index contributed by atoms with van der Waals surface area (Å²) in [6.07, 6.45) is -2.55. The van der Waals surface area contributed by atoms with E-state index in [0.717, 1.165) is 6.07 Å². The van der Waals surface area contributed by atoms with Crippen molar-refractivity contribution < 1.29 is 13.2 Å². The predicted molar refractivity (Wildman–Crippen MR) is 64.6 cm³/mol. The van der Waals surface area contributed by atoms with Crippen LogP contribution < -0.4 is 5.32 Å². The van der Waals surface area contributed by atoms with E-state index >= 15 is 0 Å². The van der Waals surface area contributed by atoms with E-state index < -0.39 is 18.3 Å². The van der Waals surface area contributed by atoms with E-state index in [9.17, 15) is 13.2 Å². The van der Waals surface area contributed by atoms with Crippen molar-refractivity contribution >= 4 is 11.6 Å². The van der Waals surface area contributed by atoms with Crippen LogP contribution in [-0.4, -0.2) is 37.5 Å². The van der Waals surface area contributed by atoms with Crippen LogP contribution in [0.1, 0.15) is 11.6 Å². The zero-order chi connectivity index (χ0) is 13.1. The monoisotopic (exact) mass is 278 g/mol. The highest BCUT2D eigenvalue weighted by Crippen LogP contribution is 2.29. The minimum atomic E-state index is -2.55. The molecule has 18 heavy (non-hydrogen) atoms. The van der Waals surface area contributed by atoms with Gasteiger partial charge in [0.25, 0.3) is 6.43 Å². The fraction of sp³-hybridized carbons (Fsp3) is 0.500. The highest BCUT2D eigenvalue weighted by atomic mass is 35.5. The molecule has 6 heteroatoms. The molecule has 1 heterocycles. The number of hydrogen-bond donors (Lipinski definition) is 1. The molecular formula is C12H14ClF3N2. The number of hydrogen-bond acceptors (Lipinski definition) is 2. The first-order valence-corrected chi connectivity index (χ1v) is 6.15. The van der Waals surface area contributed by atoms with Crippen molar-refractivity contribution in [3.8, 4) is 0 Å². The van der Waals surface area contributed by atoms with Gasteiger partial charge in [-0.25, -0.2) is 13.2 Å². The summed E-state index contributed by atoms with van der Waals surface area (Å²) in [7, 11) is 0. The number of nitrogens with one attached hydrogen (secondary N) is 1. The summed E-state index contributed by atoms with van der Waals surface area (Å²) < 4.78 is 39.7.